The van der Waals surface area contributed by atoms with Crippen molar-refractivity contribution in [1.82, 2.24) is 4.90 Å². The van der Waals surface area contributed by atoms with Gasteiger partial charge in [0.05, 0.1) is 0 Å². The predicted octanol–water partition coefficient (Wildman–Crippen LogP) is 2.21. The molecule has 17 heavy (non-hydrogen) atoms. The highest BCUT2D eigenvalue weighted by Crippen LogP contribution is 2.10. The lowest BCUT2D eigenvalue weighted by atomic mass is 10.0. The average molecular weight is 230 g/mol. The molecule has 1 aromatic carbocycles. The molecule has 1 atom stereocenters. The molecule has 0 amide bonds. The summed E-state index contributed by atoms with van der Waals surface area (Å²) < 4.78 is 0. The Bertz CT molecular complexity index is 370. The van der Waals surface area contributed by atoms with Crippen LogP contribution in [0.5, 0.6) is 0 Å². The normalized spacial score (nSPS) is 18.8. The summed E-state index contributed by atoms with van der Waals surface area (Å²) in [5.74, 6) is 0. The fourth-order valence-electron chi connectivity index (χ4n) is 2.46. The molecule has 0 bridgehead atoms. The Morgan fingerprint density at radius 1 is 1.29 bits per heavy atom. The highest BCUT2D eigenvalue weighted by atomic mass is 15.1. The lowest BCUT2D eigenvalue weighted by Crippen LogP contribution is -2.41. The zero-order chi connectivity index (χ0) is 12.1. The van der Waals surface area contributed by atoms with Crippen molar-refractivity contribution in [1.29, 1.82) is 0 Å². The number of hydrogen-bond donors (Lipinski definition) is 1. The highest BCUT2D eigenvalue weighted by Gasteiger charge is 2.13. The molecule has 0 radical (unpaired) electrons. The molecule has 1 aliphatic heterocycles. The third-order valence-electron chi connectivity index (χ3n) is 3.24. The lowest BCUT2D eigenvalue weighted by Gasteiger charge is -2.28. The van der Waals surface area contributed by atoms with Gasteiger partial charge in [0.2, 0.25) is 0 Å². The third kappa shape index (κ3) is 3.99. The summed E-state index contributed by atoms with van der Waals surface area (Å²) in [4.78, 5) is 2.46. The minimum absolute atomic E-state index is 0.239. The van der Waals surface area contributed by atoms with Gasteiger partial charge in [-0.05, 0) is 25.3 Å². The monoisotopic (exact) mass is 230 g/mol. The summed E-state index contributed by atoms with van der Waals surface area (Å²) in [6.07, 6.45) is 4.48. The molecule has 2 rings (SSSR count). The second-order valence-electron chi connectivity index (χ2n) is 5.02. The van der Waals surface area contributed by atoms with Crippen LogP contribution < -0.4 is 5.73 Å². The molecule has 0 fully saturated rings. The van der Waals surface area contributed by atoms with Gasteiger partial charge in [0.1, 0.15) is 0 Å². The van der Waals surface area contributed by atoms with Crippen LogP contribution in [0.4, 0.5) is 0 Å². The van der Waals surface area contributed by atoms with Crippen molar-refractivity contribution in [2.75, 3.05) is 19.6 Å². The molecule has 1 heterocycles. The molecule has 1 aliphatic rings. The van der Waals surface area contributed by atoms with Gasteiger partial charge in [0.25, 0.3) is 0 Å². The van der Waals surface area contributed by atoms with Crippen LogP contribution in [0, 0.1) is 0 Å². The Kier molecular flexibility index (Phi) is 4.35. The van der Waals surface area contributed by atoms with Crippen molar-refractivity contribution in [3.8, 4) is 0 Å². The Morgan fingerprint density at radius 2 is 2.06 bits per heavy atom. The molecule has 0 unspecified atom stereocenters. The van der Waals surface area contributed by atoms with E-state index in [0.29, 0.717) is 0 Å². The van der Waals surface area contributed by atoms with Crippen molar-refractivity contribution >= 4 is 0 Å². The number of rotatable bonds is 4. The Morgan fingerprint density at radius 3 is 2.76 bits per heavy atom. The van der Waals surface area contributed by atoms with Gasteiger partial charge in [-0.15, -0.1) is 0 Å². The summed E-state index contributed by atoms with van der Waals surface area (Å²) in [7, 11) is 0. The van der Waals surface area contributed by atoms with Crippen LogP contribution in [0.2, 0.25) is 0 Å². The van der Waals surface area contributed by atoms with E-state index in [0.717, 1.165) is 26.1 Å². The molecular weight excluding hydrogens is 208 g/mol. The molecule has 2 N–H and O–H groups in total. The van der Waals surface area contributed by atoms with Gasteiger partial charge in [-0.3, -0.25) is 4.90 Å². The van der Waals surface area contributed by atoms with Crippen molar-refractivity contribution in [2.45, 2.75) is 25.8 Å². The van der Waals surface area contributed by atoms with E-state index in [1.165, 1.54) is 17.6 Å². The molecule has 2 heteroatoms. The van der Waals surface area contributed by atoms with E-state index in [2.05, 4.69) is 42.2 Å². The maximum atomic E-state index is 6.22. The van der Waals surface area contributed by atoms with Crippen molar-refractivity contribution in [3.63, 3.8) is 0 Å². The summed E-state index contributed by atoms with van der Waals surface area (Å²) in [5.41, 5.74) is 9.03. The second kappa shape index (κ2) is 5.99. The molecule has 92 valence electrons. The smallest absolute Gasteiger partial charge is 0.0208 e. The van der Waals surface area contributed by atoms with Crippen LogP contribution in [-0.2, 0) is 6.42 Å². The lowest BCUT2D eigenvalue weighted by molar-refractivity contribution is 0.271. The fraction of sp³-hybridized carbons (Fsp3) is 0.467. The van der Waals surface area contributed by atoms with Gasteiger partial charge < -0.3 is 5.73 Å². The van der Waals surface area contributed by atoms with Gasteiger partial charge in [-0.25, -0.2) is 0 Å². The van der Waals surface area contributed by atoms with Crippen molar-refractivity contribution in [2.24, 2.45) is 5.73 Å². The average Bonchev–Trinajstić information content (AvgIpc) is 2.30. The molecule has 0 aliphatic carbocycles. The Labute approximate surface area is 104 Å². The van der Waals surface area contributed by atoms with E-state index in [1.807, 2.05) is 6.07 Å². The number of nitrogens with zero attached hydrogens (tertiary/aromatic N) is 1. The maximum absolute atomic E-state index is 6.22. The summed E-state index contributed by atoms with van der Waals surface area (Å²) in [6.45, 7) is 5.44. The minimum Gasteiger partial charge on any atom is -0.326 e. The molecule has 0 aromatic heterocycles. The molecular formula is C15H22N2. The zero-order valence-electron chi connectivity index (χ0n) is 10.6. The van der Waals surface area contributed by atoms with Crippen LogP contribution in [0.1, 0.15) is 18.9 Å². The summed E-state index contributed by atoms with van der Waals surface area (Å²) >= 11 is 0. The van der Waals surface area contributed by atoms with E-state index in [1.54, 1.807) is 0 Å². The van der Waals surface area contributed by atoms with E-state index >= 15 is 0 Å². The van der Waals surface area contributed by atoms with Crippen LogP contribution >= 0.6 is 0 Å². The predicted molar refractivity (Wildman–Crippen MR) is 72.9 cm³/mol. The van der Waals surface area contributed by atoms with E-state index < -0.39 is 0 Å². The van der Waals surface area contributed by atoms with Gasteiger partial charge in [0, 0.05) is 25.7 Å². The van der Waals surface area contributed by atoms with Crippen molar-refractivity contribution in [3.05, 3.63) is 47.5 Å². The third-order valence-corrected chi connectivity index (χ3v) is 3.24. The van der Waals surface area contributed by atoms with Crippen LogP contribution in [0.15, 0.2) is 42.0 Å². The first-order chi connectivity index (χ1) is 8.24. The van der Waals surface area contributed by atoms with Gasteiger partial charge in [0.15, 0.2) is 0 Å². The van der Waals surface area contributed by atoms with E-state index in [9.17, 15) is 0 Å². The van der Waals surface area contributed by atoms with Gasteiger partial charge >= 0.3 is 0 Å². The largest absolute Gasteiger partial charge is 0.326 e. The maximum Gasteiger partial charge on any atom is 0.0208 e. The van der Waals surface area contributed by atoms with E-state index in [-0.39, 0.29) is 6.04 Å². The number of benzene rings is 1. The van der Waals surface area contributed by atoms with Gasteiger partial charge in [-0.2, -0.15) is 0 Å². The number of hydrogen-bond acceptors (Lipinski definition) is 2. The van der Waals surface area contributed by atoms with Crippen LogP contribution in [0.25, 0.3) is 0 Å². The first kappa shape index (κ1) is 12.3. The topological polar surface area (TPSA) is 29.3 Å². The first-order valence-electron chi connectivity index (χ1n) is 6.41. The Balaban J connectivity index is 1.81. The molecule has 0 spiro atoms. The van der Waals surface area contributed by atoms with Crippen molar-refractivity contribution < 1.29 is 0 Å². The van der Waals surface area contributed by atoms with E-state index in [4.69, 9.17) is 5.73 Å². The first-order valence-corrected chi connectivity index (χ1v) is 6.41. The number of nitrogens with two attached hydrogens (primary N) is 1. The zero-order valence-corrected chi connectivity index (χ0v) is 10.6. The molecule has 2 nitrogen and oxygen atoms in total. The SMILES string of the molecule is CC1=CCCN(C[C@H](N)Cc2ccccc2)C1. The molecule has 1 aromatic rings. The molecule has 0 saturated carbocycles. The fourth-order valence-corrected chi connectivity index (χ4v) is 2.46. The molecule has 0 saturated heterocycles. The quantitative estimate of drug-likeness (QED) is 0.804. The summed E-state index contributed by atoms with van der Waals surface area (Å²) in [6, 6.07) is 10.8. The highest BCUT2D eigenvalue weighted by molar-refractivity contribution is 5.16. The van der Waals surface area contributed by atoms with Crippen LogP contribution in [0.3, 0.4) is 0 Å². The van der Waals surface area contributed by atoms with Crippen LogP contribution in [-0.4, -0.2) is 30.6 Å². The standard InChI is InChI=1S/C15H22N2/c1-13-6-5-9-17(11-13)12-15(16)10-14-7-3-2-4-8-14/h2-4,6-8,15H,5,9-12,16H2,1H3/t15-/m1/s1. The second-order valence-corrected chi connectivity index (χ2v) is 5.02. The summed E-state index contributed by atoms with van der Waals surface area (Å²) in [5, 5.41) is 0. The Hall–Kier alpha value is -1.12. The van der Waals surface area contributed by atoms with Gasteiger partial charge in [-0.1, -0.05) is 42.0 Å². The minimum atomic E-state index is 0.239.